The van der Waals surface area contributed by atoms with Crippen molar-refractivity contribution in [2.24, 2.45) is 0 Å². The third-order valence-electron chi connectivity index (χ3n) is 6.52. The fourth-order valence-corrected chi connectivity index (χ4v) is 5.28. The molecule has 0 aromatic heterocycles. The van der Waals surface area contributed by atoms with E-state index in [1.807, 2.05) is 52.0 Å². The highest BCUT2D eigenvalue weighted by Crippen LogP contribution is 2.28. The molecule has 2 amide bonds. The minimum Gasteiger partial charge on any atom is -0.352 e. The molecule has 7 nitrogen and oxygen atoms in total. The Morgan fingerprint density at radius 3 is 2.24 bits per heavy atom. The molecule has 2 aromatic carbocycles. The Labute approximate surface area is 227 Å². The molecule has 9 heteroatoms. The molecule has 0 saturated carbocycles. The second-order valence-electron chi connectivity index (χ2n) is 9.57. The summed E-state index contributed by atoms with van der Waals surface area (Å²) in [4.78, 5) is 28.2. The highest BCUT2D eigenvalue weighted by molar-refractivity contribution is 7.92. The SMILES string of the molecule is CC[C@H](C)NC(=O)[C@H](CC)N(Cc1ccc(C)cc1)C(=O)CCCN(c1cccc(Cl)c1C)S(C)(=O)=O. The molecule has 1 N–H and O–H groups in total. The largest absolute Gasteiger partial charge is 0.352 e. The zero-order valence-electron chi connectivity index (χ0n) is 22.8. The topological polar surface area (TPSA) is 86.8 Å². The molecular weight excluding hydrogens is 510 g/mol. The number of hydrogen-bond acceptors (Lipinski definition) is 4. The second-order valence-corrected chi connectivity index (χ2v) is 11.9. The molecule has 0 unspecified atom stereocenters. The maximum Gasteiger partial charge on any atom is 0.243 e. The summed E-state index contributed by atoms with van der Waals surface area (Å²) in [5.41, 5.74) is 3.20. The molecule has 0 radical (unpaired) electrons. The van der Waals surface area contributed by atoms with E-state index in [9.17, 15) is 18.0 Å². The van der Waals surface area contributed by atoms with E-state index in [4.69, 9.17) is 11.6 Å². The number of nitrogens with one attached hydrogen (secondary N) is 1. The predicted octanol–water partition coefficient (Wildman–Crippen LogP) is 5.23. The number of anilines is 1. The lowest BCUT2D eigenvalue weighted by Crippen LogP contribution is -2.50. The zero-order valence-corrected chi connectivity index (χ0v) is 24.3. The van der Waals surface area contributed by atoms with E-state index in [1.54, 1.807) is 30.0 Å². The van der Waals surface area contributed by atoms with Crippen LogP contribution in [0.3, 0.4) is 0 Å². The first-order valence-electron chi connectivity index (χ1n) is 12.8. The Morgan fingerprint density at radius 1 is 1.03 bits per heavy atom. The van der Waals surface area contributed by atoms with Gasteiger partial charge < -0.3 is 10.2 Å². The van der Waals surface area contributed by atoms with Crippen LogP contribution in [0.25, 0.3) is 0 Å². The first kappa shape index (κ1) is 30.6. The number of amides is 2. The third-order valence-corrected chi connectivity index (χ3v) is 8.11. The molecule has 0 aliphatic rings. The molecule has 2 rings (SSSR count). The summed E-state index contributed by atoms with van der Waals surface area (Å²) >= 11 is 6.23. The van der Waals surface area contributed by atoms with Crippen LogP contribution in [0.1, 0.15) is 63.1 Å². The van der Waals surface area contributed by atoms with Crippen molar-refractivity contribution < 1.29 is 18.0 Å². The minimum absolute atomic E-state index is 0.00197. The Morgan fingerprint density at radius 2 is 1.68 bits per heavy atom. The van der Waals surface area contributed by atoms with E-state index >= 15 is 0 Å². The summed E-state index contributed by atoms with van der Waals surface area (Å²) in [6, 6.07) is 12.4. The van der Waals surface area contributed by atoms with Gasteiger partial charge in [-0.25, -0.2) is 8.42 Å². The molecule has 0 saturated heterocycles. The Bertz CT molecular complexity index is 1170. The first-order chi connectivity index (χ1) is 17.4. The number of rotatable bonds is 13. The van der Waals surface area contributed by atoms with E-state index in [2.05, 4.69) is 5.32 Å². The van der Waals surface area contributed by atoms with Gasteiger partial charge in [0.25, 0.3) is 0 Å². The lowest BCUT2D eigenvalue weighted by Gasteiger charge is -2.32. The van der Waals surface area contributed by atoms with Gasteiger partial charge in [0.2, 0.25) is 21.8 Å². The first-order valence-corrected chi connectivity index (χ1v) is 15.0. The van der Waals surface area contributed by atoms with Crippen LogP contribution < -0.4 is 9.62 Å². The molecule has 0 spiro atoms. The molecule has 0 aliphatic heterocycles. The van der Waals surface area contributed by atoms with Crippen molar-refractivity contribution in [1.29, 1.82) is 0 Å². The lowest BCUT2D eigenvalue weighted by atomic mass is 10.1. The summed E-state index contributed by atoms with van der Waals surface area (Å²) in [7, 11) is -3.59. The van der Waals surface area contributed by atoms with Crippen LogP contribution in [0.5, 0.6) is 0 Å². The van der Waals surface area contributed by atoms with Crippen LogP contribution in [0.2, 0.25) is 5.02 Å². The van der Waals surface area contributed by atoms with Gasteiger partial charge in [0, 0.05) is 30.6 Å². The van der Waals surface area contributed by atoms with Crippen LogP contribution in [0.15, 0.2) is 42.5 Å². The number of aryl methyl sites for hydroxylation is 1. The van der Waals surface area contributed by atoms with Crippen molar-refractivity contribution in [2.75, 3.05) is 17.1 Å². The van der Waals surface area contributed by atoms with Gasteiger partial charge in [0.1, 0.15) is 6.04 Å². The monoisotopic (exact) mass is 549 g/mol. The summed E-state index contributed by atoms with van der Waals surface area (Å²) in [5, 5.41) is 3.48. The van der Waals surface area contributed by atoms with Crippen LogP contribution in [-0.2, 0) is 26.2 Å². The fraction of sp³-hybridized carbons (Fsp3) is 0.500. The quantitative estimate of drug-likeness (QED) is 0.371. The number of hydrogen-bond donors (Lipinski definition) is 1. The van der Waals surface area contributed by atoms with Crippen molar-refractivity contribution in [1.82, 2.24) is 10.2 Å². The summed E-state index contributed by atoms with van der Waals surface area (Å²) in [5.74, 6) is -0.368. The molecule has 37 heavy (non-hydrogen) atoms. The van der Waals surface area contributed by atoms with Gasteiger partial charge >= 0.3 is 0 Å². The second kappa shape index (κ2) is 13.8. The molecular formula is C28H40ClN3O4S. The van der Waals surface area contributed by atoms with Gasteiger partial charge in [-0.1, -0.05) is 61.3 Å². The van der Waals surface area contributed by atoms with Crippen LogP contribution in [0.4, 0.5) is 5.69 Å². The van der Waals surface area contributed by atoms with E-state index in [1.165, 1.54) is 4.31 Å². The van der Waals surface area contributed by atoms with Gasteiger partial charge in [-0.15, -0.1) is 0 Å². The number of carbonyl (C=O) groups excluding carboxylic acids is 2. The molecule has 204 valence electrons. The fourth-order valence-electron chi connectivity index (χ4n) is 4.10. The van der Waals surface area contributed by atoms with Gasteiger partial charge in [0.05, 0.1) is 11.9 Å². The van der Waals surface area contributed by atoms with E-state index < -0.39 is 16.1 Å². The molecule has 2 aromatic rings. The standard InChI is InChI=1S/C28H40ClN3O4S/c1-7-21(4)30-28(34)25(8-2)31(19-23-16-14-20(3)15-17-23)27(33)13-10-18-32(37(6,35)36)26-12-9-11-24(29)22(26)5/h9,11-12,14-17,21,25H,7-8,10,13,18-19H2,1-6H3,(H,30,34)/t21-,25-/m0/s1. The van der Waals surface area contributed by atoms with Gasteiger partial charge in [-0.3, -0.25) is 13.9 Å². The van der Waals surface area contributed by atoms with Crippen molar-refractivity contribution in [3.8, 4) is 0 Å². The average molecular weight is 550 g/mol. The average Bonchev–Trinajstić information content (AvgIpc) is 2.84. The number of benzene rings is 2. The van der Waals surface area contributed by atoms with Crippen molar-refractivity contribution in [3.63, 3.8) is 0 Å². The minimum atomic E-state index is -3.59. The Balaban J connectivity index is 2.25. The van der Waals surface area contributed by atoms with Crippen molar-refractivity contribution >= 4 is 39.1 Å². The molecule has 2 atom stereocenters. The highest BCUT2D eigenvalue weighted by atomic mass is 35.5. The van der Waals surface area contributed by atoms with E-state index in [-0.39, 0.29) is 30.8 Å². The number of sulfonamides is 1. The van der Waals surface area contributed by atoms with E-state index in [0.29, 0.717) is 35.7 Å². The number of nitrogens with zero attached hydrogens (tertiary/aromatic N) is 2. The third kappa shape index (κ3) is 8.75. The normalized spacial score (nSPS) is 13.1. The highest BCUT2D eigenvalue weighted by Gasteiger charge is 2.29. The van der Waals surface area contributed by atoms with Crippen LogP contribution in [-0.4, -0.2) is 50.0 Å². The van der Waals surface area contributed by atoms with Crippen molar-refractivity contribution in [2.45, 2.75) is 78.9 Å². The molecule has 0 heterocycles. The number of carbonyl (C=O) groups is 2. The zero-order chi connectivity index (χ0) is 27.8. The van der Waals surface area contributed by atoms with Crippen molar-refractivity contribution in [3.05, 3.63) is 64.2 Å². The Kier molecular flexibility index (Phi) is 11.4. The molecule has 0 fully saturated rings. The lowest BCUT2D eigenvalue weighted by molar-refractivity contribution is -0.141. The molecule has 0 aliphatic carbocycles. The van der Waals surface area contributed by atoms with E-state index in [0.717, 1.165) is 23.8 Å². The van der Waals surface area contributed by atoms with Gasteiger partial charge in [-0.2, -0.15) is 0 Å². The predicted molar refractivity (Wildman–Crippen MR) is 151 cm³/mol. The summed E-state index contributed by atoms with van der Waals surface area (Å²) in [6.45, 7) is 10.0. The smallest absolute Gasteiger partial charge is 0.243 e. The summed E-state index contributed by atoms with van der Waals surface area (Å²) in [6.07, 6.45) is 2.80. The maximum absolute atomic E-state index is 13.5. The van der Waals surface area contributed by atoms with Crippen LogP contribution >= 0.6 is 11.6 Å². The number of halogens is 1. The van der Waals surface area contributed by atoms with Crippen LogP contribution in [0, 0.1) is 13.8 Å². The Hall–Kier alpha value is -2.58. The molecule has 0 bridgehead atoms. The van der Waals surface area contributed by atoms with Gasteiger partial charge in [-0.05, 0) is 63.3 Å². The summed E-state index contributed by atoms with van der Waals surface area (Å²) < 4.78 is 26.5. The van der Waals surface area contributed by atoms with Gasteiger partial charge in [0.15, 0.2) is 0 Å². The maximum atomic E-state index is 13.5.